The van der Waals surface area contributed by atoms with Crippen molar-refractivity contribution in [1.82, 2.24) is 4.90 Å². The van der Waals surface area contributed by atoms with Gasteiger partial charge in [0.25, 0.3) is 0 Å². The van der Waals surface area contributed by atoms with Crippen molar-refractivity contribution in [3.8, 4) is 6.07 Å². The quantitative estimate of drug-likeness (QED) is 0.602. The Labute approximate surface area is 91.8 Å². The van der Waals surface area contributed by atoms with Gasteiger partial charge in [-0.05, 0) is 20.3 Å². The normalized spacial score (nSPS) is 11.9. The van der Waals surface area contributed by atoms with E-state index in [1.165, 1.54) is 0 Å². The Morgan fingerprint density at radius 3 is 2.80 bits per heavy atom. The smallest absolute Gasteiger partial charge is 0.222 e. The predicted octanol–water partition coefficient (Wildman–Crippen LogP) is 1.56. The van der Waals surface area contributed by atoms with Crippen LogP contribution < -0.4 is 0 Å². The van der Waals surface area contributed by atoms with Gasteiger partial charge in [0.2, 0.25) is 5.91 Å². The highest BCUT2D eigenvalue weighted by Crippen LogP contribution is 2.04. The van der Waals surface area contributed by atoms with Crippen LogP contribution in [0.4, 0.5) is 0 Å². The highest BCUT2D eigenvalue weighted by Gasteiger charge is 2.14. The summed E-state index contributed by atoms with van der Waals surface area (Å²) in [5.74, 6) is 0.0810. The van der Waals surface area contributed by atoms with Crippen molar-refractivity contribution >= 4 is 5.91 Å². The molecule has 0 aliphatic rings. The monoisotopic (exact) mass is 212 g/mol. The van der Waals surface area contributed by atoms with Crippen molar-refractivity contribution in [3.63, 3.8) is 0 Å². The maximum Gasteiger partial charge on any atom is 0.222 e. The summed E-state index contributed by atoms with van der Waals surface area (Å²) in [7, 11) is 1.74. The van der Waals surface area contributed by atoms with Crippen LogP contribution in [-0.2, 0) is 9.53 Å². The van der Waals surface area contributed by atoms with Crippen LogP contribution in [-0.4, -0.2) is 37.1 Å². The summed E-state index contributed by atoms with van der Waals surface area (Å²) in [5.41, 5.74) is 0. The van der Waals surface area contributed by atoms with E-state index in [0.29, 0.717) is 26.1 Å². The van der Waals surface area contributed by atoms with E-state index in [1.54, 1.807) is 11.9 Å². The fourth-order valence-electron chi connectivity index (χ4n) is 1.16. The molecule has 0 aromatic carbocycles. The molecule has 0 radical (unpaired) electrons. The lowest BCUT2D eigenvalue weighted by atomic mass is 10.2. The van der Waals surface area contributed by atoms with Gasteiger partial charge in [-0.1, -0.05) is 0 Å². The molecule has 0 aliphatic heterocycles. The van der Waals surface area contributed by atoms with Crippen molar-refractivity contribution in [2.45, 2.75) is 39.2 Å². The van der Waals surface area contributed by atoms with Crippen LogP contribution in [0.15, 0.2) is 0 Å². The molecule has 0 rings (SSSR count). The number of hydrogen-bond donors (Lipinski definition) is 0. The lowest BCUT2D eigenvalue weighted by Gasteiger charge is -2.22. The largest absolute Gasteiger partial charge is 0.382 e. The lowest BCUT2D eigenvalue weighted by molar-refractivity contribution is -0.131. The Morgan fingerprint density at radius 1 is 1.60 bits per heavy atom. The highest BCUT2D eigenvalue weighted by atomic mass is 16.5. The first-order valence-electron chi connectivity index (χ1n) is 5.33. The number of carbonyl (C=O) groups excluding carboxylic acids is 1. The summed E-state index contributed by atoms with van der Waals surface area (Å²) >= 11 is 0. The van der Waals surface area contributed by atoms with Crippen LogP contribution in [0.1, 0.15) is 33.1 Å². The standard InChI is InChI=1S/C11H20N2O2/c1-4-15-9-5-6-11(14)13(3)10(2)7-8-12/h10H,4-7,9H2,1-3H3. The van der Waals surface area contributed by atoms with Gasteiger partial charge in [0.05, 0.1) is 12.5 Å². The molecule has 0 saturated heterocycles. The summed E-state index contributed by atoms with van der Waals surface area (Å²) in [6.07, 6.45) is 1.62. The van der Waals surface area contributed by atoms with Crippen LogP contribution in [0.3, 0.4) is 0 Å². The zero-order valence-corrected chi connectivity index (χ0v) is 9.82. The van der Waals surface area contributed by atoms with E-state index >= 15 is 0 Å². The maximum atomic E-state index is 11.6. The van der Waals surface area contributed by atoms with E-state index < -0.39 is 0 Å². The summed E-state index contributed by atoms with van der Waals surface area (Å²) in [6, 6.07) is 2.06. The second kappa shape index (κ2) is 8.25. The fourth-order valence-corrected chi connectivity index (χ4v) is 1.16. The molecule has 0 saturated carbocycles. The number of rotatable bonds is 7. The molecule has 0 heterocycles. The van der Waals surface area contributed by atoms with E-state index in [4.69, 9.17) is 10.00 Å². The number of ether oxygens (including phenoxy) is 1. The molecule has 0 spiro atoms. The molecule has 4 nitrogen and oxygen atoms in total. The van der Waals surface area contributed by atoms with Crippen LogP contribution in [0, 0.1) is 11.3 Å². The molecule has 4 heteroatoms. The molecule has 0 fully saturated rings. The molecule has 86 valence electrons. The van der Waals surface area contributed by atoms with Gasteiger partial charge in [0.15, 0.2) is 0 Å². The number of nitrogens with zero attached hydrogens (tertiary/aromatic N) is 2. The first kappa shape index (κ1) is 13.9. The second-order valence-corrected chi connectivity index (χ2v) is 3.52. The number of nitriles is 1. The van der Waals surface area contributed by atoms with Crippen LogP contribution in [0.25, 0.3) is 0 Å². The maximum absolute atomic E-state index is 11.6. The first-order chi connectivity index (χ1) is 7.13. The summed E-state index contributed by atoms with van der Waals surface area (Å²) < 4.78 is 5.15. The Bertz CT molecular complexity index is 223. The summed E-state index contributed by atoms with van der Waals surface area (Å²) in [5, 5.41) is 8.51. The van der Waals surface area contributed by atoms with Gasteiger partial charge in [0.1, 0.15) is 0 Å². The van der Waals surface area contributed by atoms with E-state index in [1.807, 2.05) is 13.8 Å². The summed E-state index contributed by atoms with van der Waals surface area (Å²) in [4.78, 5) is 13.2. The topological polar surface area (TPSA) is 53.3 Å². The molecular formula is C11H20N2O2. The van der Waals surface area contributed by atoms with Gasteiger partial charge in [-0.3, -0.25) is 4.79 Å². The Kier molecular flexibility index (Phi) is 7.65. The Morgan fingerprint density at radius 2 is 2.27 bits per heavy atom. The number of carbonyl (C=O) groups is 1. The van der Waals surface area contributed by atoms with E-state index in [9.17, 15) is 4.79 Å². The average Bonchev–Trinajstić information content (AvgIpc) is 2.23. The molecule has 0 aliphatic carbocycles. The van der Waals surface area contributed by atoms with Crippen molar-refractivity contribution in [3.05, 3.63) is 0 Å². The minimum absolute atomic E-state index is 0.00501. The van der Waals surface area contributed by atoms with Crippen molar-refractivity contribution in [2.24, 2.45) is 0 Å². The third-order valence-electron chi connectivity index (χ3n) is 2.32. The fraction of sp³-hybridized carbons (Fsp3) is 0.818. The Balaban J connectivity index is 3.74. The molecule has 0 aromatic heterocycles. The van der Waals surface area contributed by atoms with E-state index in [-0.39, 0.29) is 11.9 Å². The minimum Gasteiger partial charge on any atom is -0.382 e. The molecule has 0 aromatic rings. The van der Waals surface area contributed by atoms with Crippen LogP contribution in [0.2, 0.25) is 0 Å². The van der Waals surface area contributed by atoms with Crippen LogP contribution >= 0.6 is 0 Å². The van der Waals surface area contributed by atoms with Gasteiger partial charge in [-0.25, -0.2) is 0 Å². The predicted molar refractivity (Wildman–Crippen MR) is 58.2 cm³/mol. The van der Waals surface area contributed by atoms with Gasteiger partial charge in [-0.2, -0.15) is 5.26 Å². The van der Waals surface area contributed by atoms with Crippen molar-refractivity contribution in [2.75, 3.05) is 20.3 Å². The molecule has 1 amide bonds. The second-order valence-electron chi connectivity index (χ2n) is 3.52. The Hall–Kier alpha value is -1.08. The first-order valence-corrected chi connectivity index (χ1v) is 5.33. The molecule has 0 N–H and O–H groups in total. The average molecular weight is 212 g/mol. The third-order valence-corrected chi connectivity index (χ3v) is 2.32. The van der Waals surface area contributed by atoms with E-state index in [0.717, 1.165) is 6.42 Å². The van der Waals surface area contributed by atoms with Gasteiger partial charge in [0, 0.05) is 32.7 Å². The van der Waals surface area contributed by atoms with E-state index in [2.05, 4.69) is 6.07 Å². The van der Waals surface area contributed by atoms with Gasteiger partial charge < -0.3 is 9.64 Å². The van der Waals surface area contributed by atoms with Crippen LogP contribution in [0.5, 0.6) is 0 Å². The molecule has 0 bridgehead atoms. The molecule has 1 atom stereocenters. The minimum atomic E-state index is -0.00501. The molecule has 1 unspecified atom stereocenters. The number of amides is 1. The summed E-state index contributed by atoms with van der Waals surface area (Å²) in [6.45, 7) is 5.13. The zero-order valence-electron chi connectivity index (χ0n) is 9.82. The van der Waals surface area contributed by atoms with Gasteiger partial charge >= 0.3 is 0 Å². The van der Waals surface area contributed by atoms with Gasteiger partial charge in [-0.15, -0.1) is 0 Å². The zero-order chi connectivity index (χ0) is 11.7. The van der Waals surface area contributed by atoms with Crippen molar-refractivity contribution < 1.29 is 9.53 Å². The number of hydrogen-bond acceptors (Lipinski definition) is 3. The lowest BCUT2D eigenvalue weighted by Crippen LogP contribution is -2.34. The van der Waals surface area contributed by atoms with Crippen molar-refractivity contribution in [1.29, 1.82) is 5.26 Å². The molecule has 15 heavy (non-hydrogen) atoms. The SMILES string of the molecule is CCOCCCC(=O)N(C)C(C)CC#N. The highest BCUT2D eigenvalue weighted by molar-refractivity contribution is 5.76. The third kappa shape index (κ3) is 6.08. The molecular weight excluding hydrogens is 192 g/mol.